The van der Waals surface area contributed by atoms with E-state index < -0.39 is 97.5 Å². The number of rotatable bonds is 68. The largest absolute Gasteiger partial charge is 0.472 e. The number of hydrogen-bond acceptors (Lipinski definition) is 15. The van der Waals surface area contributed by atoms with Crippen LogP contribution in [-0.4, -0.2) is 96.7 Å². The molecule has 0 fully saturated rings. The van der Waals surface area contributed by atoms with Crippen molar-refractivity contribution < 1.29 is 80.2 Å². The van der Waals surface area contributed by atoms with E-state index in [0.717, 1.165) is 114 Å². The molecular weight excluding hydrogens is 1170 g/mol. The molecule has 528 valence electrons. The molecule has 0 bridgehead atoms. The molecule has 0 saturated carbocycles. The fourth-order valence-corrected chi connectivity index (χ4v) is 12.1. The molecule has 0 heterocycles. The second-order valence-corrected chi connectivity index (χ2v) is 29.4. The number of ether oxygens (including phenoxy) is 4. The van der Waals surface area contributed by atoms with Crippen LogP contribution in [0.1, 0.15) is 350 Å². The molecule has 3 unspecified atom stereocenters. The zero-order valence-corrected chi connectivity index (χ0v) is 59.7. The van der Waals surface area contributed by atoms with Crippen molar-refractivity contribution in [3.63, 3.8) is 0 Å². The van der Waals surface area contributed by atoms with E-state index in [1.54, 1.807) is 0 Å². The lowest BCUT2D eigenvalue weighted by atomic mass is 9.99. The second-order valence-electron chi connectivity index (χ2n) is 26.5. The van der Waals surface area contributed by atoms with E-state index in [4.69, 9.17) is 37.0 Å². The molecule has 17 nitrogen and oxygen atoms in total. The molecule has 3 N–H and O–H groups in total. The number of hydrogen-bond donors (Lipinski definition) is 3. The van der Waals surface area contributed by atoms with Crippen LogP contribution in [0.4, 0.5) is 0 Å². The van der Waals surface area contributed by atoms with E-state index in [2.05, 4.69) is 48.5 Å². The standard InChI is InChI=1S/C70H136O17P2/c1-8-10-11-34-44-51-67(72)80-57-65(86-70(75)54-47-40-33-26-24-29-36-42-49-62(5)6)59-84-88(76,77)82-55-64(71)56-83-89(78,79)85-60-66(58-81-68(73)52-45-38-31-27-25-30-37-43-50-63(7)9-2)87-69(74)53-46-39-32-23-21-19-17-15-13-12-14-16-18-20-22-28-35-41-48-61(3)4/h61-66,71H,8-60H2,1-7H3,(H,76,77)(H,78,79)/t63?,64-,65+,66+/m0/s1. The highest BCUT2D eigenvalue weighted by molar-refractivity contribution is 7.47. The Morgan fingerprint density at radius 1 is 0.326 bits per heavy atom. The summed E-state index contributed by atoms with van der Waals surface area (Å²) in [5, 5.41) is 10.5. The summed E-state index contributed by atoms with van der Waals surface area (Å²) in [5.41, 5.74) is 0. The third kappa shape index (κ3) is 63.2. The molecule has 0 aromatic carbocycles. The second kappa shape index (κ2) is 61.0. The Morgan fingerprint density at radius 2 is 0.573 bits per heavy atom. The SMILES string of the molecule is CCCCCCCC(=O)OC[C@H](COP(=O)(O)OC[C@H](O)COP(=O)(O)OC[C@@H](COC(=O)CCCCCCCCCCC(C)CC)OC(=O)CCCCCCCCCCCCCCCCCCCCC(C)C)OC(=O)CCCCCCCCCCC(C)C. The fraction of sp³-hybridized carbons (Fsp3) is 0.943. The summed E-state index contributed by atoms with van der Waals surface area (Å²) in [5.74, 6) is 0.176. The van der Waals surface area contributed by atoms with E-state index >= 15 is 0 Å². The van der Waals surface area contributed by atoms with Crippen molar-refractivity contribution in [1.82, 2.24) is 0 Å². The van der Waals surface area contributed by atoms with E-state index in [1.165, 1.54) is 154 Å². The number of unbranched alkanes of at least 4 members (excludes halogenated alkanes) is 35. The first-order valence-electron chi connectivity index (χ1n) is 36.4. The van der Waals surface area contributed by atoms with E-state index in [1.807, 2.05) is 0 Å². The van der Waals surface area contributed by atoms with Gasteiger partial charge in [0.05, 0.1) is 26.4 Å². The Hall–Kier alpha value is -1.94. The van der Waals surface area contributed by atoms with Gasteiger partial charge in [-0.05, 0) is 43.4 Å². The Kier molecular flexibility index (Phi) is 59.6. The molecule has 0 aromatic rings. The van der Waals surface area contributed by atoms with Crippen molar-refractivity contribution in [3.8, 4) is 0 Å². The monoisotopic (exact) mass is 1310 g/mol. The average Bonchev–Trinajstić information content (AvgIpc) is 3.68. The molecule has 0 aliphatic carbocycles. The van der Waals surface area contributed by atoms with Gasteiger partial charge in [0.2, 0.25) is 0 Å². The molecule has 0 amide bonds. The maximum atomic E-state index is 13.0. The van der Waals surface area contributed by atoms with Crippen molar-refractivity contribution >= 4 is 39.5 Å². The molecule has 0 aliphatic rings. The van der Waals surface area contributed by atoms with Gasteiger partial charge in [-0.25, -0.2) is 9.13 Å². The number of carbonyl (C=O) groups is 4. The van der Waals surface area contributed by atoms with Crippen LogP contribution in [0, 0.1) is 17.8 Å². The van der Waals surface area contributed by atoms with Crippen LogP contribution in [0.2, 0.25) is 0 Å². The Labute approximate surface area is 543 Å². The lowest BCUT2D eigenvalue weighted by molar-refractivity contribution is -0.161. The smallest absolute Gasteiger partial charge is 0.462 e. The lowest BCUT2D eigenvalue weighted by Gasteiger charge is -2.21. The highest BCUT2D eigenvalue weighted by Crippen LogP contribution is 2.45. The summed E-state index contributed by atoms with van der Waals surface area (Å²) < 4.78 is 68.0. The first kappa shape index (κ1) is 87.1. The molecule has 0 aromatic heterocycles. The van der Waals surface area contributed by atoms with Gasteiger partial charge in [0.1, 0.15) is 19.3 Å². The maximum absolute atomic E-state index is 13.0. The first-order valence-corrected chi connectivity index (χ1v) is 39.4. The molecule has 0 aliphatic heterocycles. The Bertz CT molecular complexity index is 1750. The number of aliphatic hydroxyl groups is 1. The molecule has 0 rings (SSSR count). The third-order valence-corrected chi connectivity index (χ3v) is 18.4. The number of esters is 4. The van der Waals surface area contributed by atoms with Crippen molar-refractivity contribution in [3.05, 3.63) is 0 Å². The van der Waals surface area contributed by atoms with Gasteiger partial charge in [-0.15, -0.1) is 0 Å². The van der Waals surface area contributed by atoms with E-state index in [0.29, 0.717) is 25.7 Å². The molecule has 6 atom stereocenters. The predicted molar refractivity (Wildman–Crippen MR) is 358 cm³/mol. The highest BCUT2D eigenvalue weighted by Gasteiger charge is 2.30. The van der Waals surface area contributed by atoms with Crippen molar-refractivity contribution in [2.45, 2.75) is 369 Å². The van der Waals surface area contributed by atoms with Crippen LogP contribution in [0.15, 0.2) is 0 Å². The van der Waals surface area contributed by atoms with Crippen LogP contribution in [0.25, 0.3) is 0 Å². The Balaban J connectivity index is 5.11. The molecule has 0 radical (unpaired) electrons. The minimum atomic E-state index is -4.95. The molecule has 89 heavy (non-hydrogen) atoms. The maximum Gasteiger partial charge on any atom is 0.472 e. The topological polar surface area (TPSA) is 237 Å². The normalized spacial score (nSPS) is 14.5. The summed E-state index contributed by atoms with van der Waals surface area (Å²) in [7, 11) is -9.89. The lowest BCUT2D eigenvalue weighted by Crippen LogP contribution is -2.30. The molecule has 0 spiro atoms. The van der Waals surface area contributed by atoms with Gasteiger partial charge in [-0.1, -0.05) is 299 Å². The first-order chi connectivity index (χ1) is 42.8. The predicted octanol–water partition coefficient (Wildman–Crippen LogP) is 19.8. The van der Waals surface area contributed by atoms with Gasteiger partial charge >= 0.3 is 39.5 Å². The van der Waals surface area contributed by atoms with E-state index in [9.17, 15) is 43.2 Å². The Morgan fingerprint density at radius 3 is 0.854 bits per heavy atom. The van der Waals surface area contributed by atoms with Gasteiger partial charge in [0, 0.05) is 25.7 Å². The fourth-order valence-electron chi connectivity index (χ4n) is 10.5. The zero-order chi connectivity index (χ0) is 65.9. The summed E-state index contributed by atoms with van der Waals surface area (Å²) in [6.45, 7) is 11.8. The van der Waals surface area contributed by atoms with Gasteiger partial charge in [0.25, 0.3) is 0 Å². The third-order valence-electron chi connectivity index (χ3n) is 16.5. The molecular formula is C70H136O17P2. The summed E-state index contributed by atoms with van der Waals surface area (Å²) in [4.78, 5) is 72.2. The van der Waals surface area contributed by atoms with Gasteiger partial charge in [0.15, 0.2) is 12.2 Å². The minimum absolute atomic E-state index is 0.103. The van der Waals surface area contributed by atoms with Crippen LogP contribution < -0.4 is 0 Å². The quantitative estimate of drug-likeness (QED) is 0.0222. The summed E-state index contributed by atoms with van der Waals surface area (Å²) in [6.07, 6.45) is 45.0. The van der Waals surface area contributed by atoms with E-state index in [-0.39, 0.29) is 25.7 Å². The molecule has 0 saturated heterocycles. The van der Waals surface area contributed by atoms with Crippen LogP contribution in [-0.2, 0) is 65.4 Å². The van der Waals surface area contributed by atoms with Crippen LogP contribution >= 0.6 is 15.6 Å². The number of aliphatic hydroxyl groups excluding tert-OH is 1. The summed E-state index contributed by atoms with van der Waals surface area (Å²) >= 11 is 0. The highest BCUT2D eigenvalue weighted by atomic mass is 31.2. The van der Waals surface area contributed by atoms with Crippen LogP contribution in [0.3, 0.4) is 0 Å². The molecule has 19 heteroatoms. The zero-order valence-electron chi connectivity index (χ0n) is 57.9. The van der Waals surface area contributed by atoms with Gasteiger partial charge in [-0.3, -0.25) is 37.3 Å². The van der Waals surface area contributed by atoms with Crippen molar-refractivity contribution in [2.75, 3.05) is 39.6 Å². The van der Waals surface area contributed by atoms with Crippen molar-refractivity contribution in [2.24, 2.45) is 17.8 Å². The van der Waals surface area contributed by atoms with Gasteiger partial charge < -0.3 is 33.8 Å². The van der Waals surface area contributed by atoms with Crippen LogP contribution in [0.5, 0.6) is 0 Å². The number of carbonyl (C=O) groups excluding carboxylic acids is 4. The number of phosphoric ester groups is 2. The number of phosphoric acid groups is 2. The summed E-state index contributed by atoms with van der Waals surface area (Å²) in [6, 6.07) is 0. The minimum Gasteiger partial charge on any atom is -0.462 e. The average molecular weight is 1310 g/mol. The van der Waals surface area contributed by atoms with Gasteiger partial charge in [-0.2, -0.15) is 0 Å². The van der Waals surface area contributed by atoms with Crippen molar-refractivity contribution in [1.29, 1.82) is 0 Å².